The Hall–Kier alpha value is -1.78. The molecule has 1 aliphatic rings. The second-order valence-electron chi connectivity index (χ2n) is 5.41. The van der Waals surface area contributed by atoms with Gasteiger partial charge in [-0.15, -0.1) is 0 Å². The largest absolute Gasteiger partial charge is 0.353 e. The Morgan fingerprint density at radius 2 is 2.16 bits per heavy atom. The van der Waals surface area contributed by atoms with E-state index in [-0.39, 0.29) is 0 Å². The first kappa shape index (κ1) is 12.3. The minimum Gasteiger partial charge on any atom is -0.353 e. The van der Waals surface area contributed by atoms with Crippen LogP contribution in [0.3, 0.4) is 0 Å². The van der Waals surface area contributed by atoms with Gasteiger partial charge in [0.15, 0.2) is 0 Å². The van der Waals surface area contributed by atoms with Gasteiger partial charge in [-0.1, -0.05) is 12.8 Å². The van der Waals surface area contributed by atoms with Gasteiger partial charge in [0.25, 0.3) is 0 Å². The summed E-state index contributed by atoms with van der Waals surface area (Å²) in [5.41, 5.74) is 2.24. The van der Waals surface area contributed by atoms with E-state index in [0.717, 1.165) is 18.2 Å². The molecular weight excluding hydrogens is 238 g/mol. The molecule has 5 heteroatoms. The van der Waals surface area contributed by atoms with Crippen molar-refractivity contribution >= 4 is 5.95 Å². The van der Waals surface area contributed by atoms with Crippen LogP contribution in [0, 0.1) is 6.92 Å². The van der Waals surface area contributed by atoms with Crippen molar-refractivity contribution in [3.05, 3.63) is 29.8 Å². The first-order chi connectivity index (χ1) is 9.22. The van der Waals surface area contributed by atoms with Crippen LogP contribution >= 0.6 is 0 Å². The molecule has 2 heterocycles. The van der Waals surface area contributed by atoms with E-state index in [4.69, 9.17) is 0 Å². The van der Waals surface area contributed by atoms with E-state index in [1.165, 1.54) is 31.4 Å². The highest BCUT2D eigenvalue weighted by atomic mass is 15.3. The number of imidazole rings is 1. The maximum absolute atomic E-state index is 4.61. The number of aromatic nitrogens is 4. The van der Waals surface area contributed by atoms with Crippen LogP contribution in [0.5, 0.6) is 0 Å². The average Bonchev–Trinajstić information content (AvgIpc) is 3.06. The molecule has 2 aromatic heterocycles. The quantitative estimate of drug-likeness (QED) is 0.916. The van der Waals surface area contributed by atoms with Crippen molar-refractivity contribution in [1.82, 2.24) is 19.3 Å². The Labute approximate surface area is 113 Å². The van der Waals surface area contributed by atoms with Gasteiger partial charge >= 0.3 is 0 Å². The minimum atomic E-state index is 0.590. The van der Waals surface area contributed by atoms with Gasteiger partial charge in [-0.05, 0) is 25.8 Å². The van der Waals surface area contributed by atoms with Gasteiger partial charge in [0.1, 0.15) is 0 Å². The summed E-state index contributed by atoms with van der Waals surface area (Å²) in [5.74, 6) is 0.991. The van der Waals surface area contributed by atoms with Gasteiger partial charge in [-0.25, -0.2) is 4.98 Å². The molecule has 5 nitrogen and oxygen atoms in total. The van der Waals surface area contributed by atoms with E-state index in [2.05, 4.69) is 32.2 Å². The maximum atomic E-state index is 4.61. The van der Waals surface area contributed by atoms with Gasteiger partial charge in [0, 0.05) is 25.5 Å². The Balaban J connectivity index is 1.78. The number of hydrogen-bond donors (Lipinski definition) is 1. The van der Waals surface area contributed by atoms with E-state index >= 15 is 0 Å². The second kappa shape index (κ2) is 5.07. The van der Waals surface area contributed by atoms with E-state index in [1.807, 2.05) is 24.9 Å². The van der Waals surface area contributed by atoms with E-state index in [9.17, 15) is 0 Å². The lowest BCUT2D eigenvalue weighted by Gasteiger charge is -2.14. The molecule has 102 valence electrons. The van der Waals surface area contributed by atoms with E-state index in [1.54, 1.807) is 0 Å². The predicted octanol–water partition coefficient (Wildman–Crippen LogP) is 2.33. The molecule has 1 saturated carbocycles. The van der Waals surface area contributed by atoms with Gasteiger partial charge in [0.2, 0.25) is 5.95 Å². The van der Waals surface area contributed by atoms with Gasteiger partial charge in [0.05, 0.1) is 17.9 Å². The highest BCUT2D eigenvalue weighted by Gasteiger charge is 2.17. The number of aryl methyl sites for hydroxylation is 2. The third kappa shape index (κ3) is 2.64. The molecule has 0 spiro atoms. The number of nitrogens with one attached hydrogen (secondary N) is 1. The summed E-state index contributed by atoms with van der Waals surface area (Å²) in [4.78, 5) is 4.61. The molecule has 0 unspecified atom stereocenters. The summed E-state index contributed by atoms with van der Waals surface area (Å²) < 4.78 is 4.10. The lowest BCUT2D eigenvalue weighted by Crippen LogP contribution is -2.18. The first-order valence-corrected chi connectivity index (χ1v) is 6.99. The highest BCUT2D eigenvalue weighted by Crippen LogP contribution is 2.22. The SMILES string of the molecule is Cc1cn(Cc2ccnn2C)c(NC2CCCC2)n1. The molecule has 0 saturated heterocycles. The topological polar surface area (TPSA) is 47.7 Å². The zero-order valence-electron chi connectivity index (χ0n) is 11.6. The molecule has 0 aliphatic heterocycles. The highest BCUT2D eigenvalue weighted by molar-refractivity contribution is 5.31. The molecule has 19 heavy (non-hydrogen) atoms. The van der Waals surface area contributed by atoms with Crippen molar-refractivity contribution in [3.8, 4) is 0 Å². The molecule has 0 bridgehead atoms. The standard InChI is InChI=1S/C14H21N5/c1-11-9-19(10-13-7-8-15-18(13)2)14(16-11)17-12-5-3-4-6-12/h7-9,12H,3-6,10H2,1-2H3,(H,16,17). The average molecular weight is 259 g/mol. The lowest BCUT2D eigenvalue weighted by molar-refractivity contribution is 0.659. The fourth-order valence-electron chi connectivity index (χ4n) is 2.77. The third-order valence-corrected chi connectivity index (χ3v) is 3.84. The molecule has 0 atom stereocenters. The molecule has 0 aromatic carbocycles. The lowest BCUT2D eigenvalue weighted by atomic mass is 10.2. The van der Waals surface area contributed by atoms with Crippen molar-refractivity contribution < 1.29 is 0 Å². The number of anilines is 1. The smallest absolute Gasteiger partial charge is 0.203 e. The van der Waals surface area contributed by atoms with Crippen molar-refractivity contribution in [2.45, 2.75) is 45.2 Å². The molecule has 0 radical (unpaired) electrons. The van der Waals surface area contributed by atoms with Crippen LogP contribution < -0.4 is 5.32 Å². The van der Waals surface area contributed by atoms with Crippen LogP contribution in [0.4, 0.5) is 5.95 Å². The van der Waals surface area contributed by atoms with Crippen LogP contribution in [0.15, 0.2) is 18.5 Å². The second-order valence-corrected chi connectivity index (χ2v) is 5.41. The van der Waals surface area contributed by atoms with Gasteiger partial charge in [-0.3, -0.25) is 4.68 Å². The van der Waals surface area contributed by atoms with Crippen LogP contribution in [0.25, 0.3) is 0 Å². The molecule has 0 amide bonds. The van der Waals surface area contributed by atoms with Crippen LogP contribution in [-0.4, -0.2) is 25.4 Å². The van der Waals surface area contributed by atoms with Crippen molar-refractivity contribution in [2.75, 3.05) is 5.32 Å². The van der Waals surface area contributed by atoms with E-state index in [0.29, 0.717) is 6.04 Å². The third-order valence-electron chi connectivity index (χ3n) is 3.84. The maximum Gasteiger partial charge on any atom is 0.203 e. The number of hydrogen-bond acceptors (Lipinski definition) is 3. The Morgan fingerprint density at radius 1 is 1.37 bits per heavy atom. The Morgan fingerprint density at radius 3 is 2.84 bits per heavy atom. The summed E-state index contributed by atoms with van der Waals surface area (Å²) in [6, 6.07) is 2.64. The molecule has 2 aromatic rings. The molecule has 3 rings (SSSR count). The van der Waals surface area contributed by atoms with Crippen LogP contribution in [0.1, 0.15) is 37.1 Å². The molecular formula is C14H21N5. The zero-order chi connectivity index (χ0) is 13.2. The summed E-state index contributed by atoms with van der Waals surface area (Å²) in [6.07, 6.45) is 9.13. The monoisotopic (exact) mass is 259 g/mol. The van der Waals surface area contributed by atoms with Crippen molar-refractivity contribution in [1.29, 1.82) is 0 Å². The predicted molar refractivity (Wildman–Crippen MR) is 75.2 cm³/mol. The Bertz CT molecular complexity index is 548. The number of nitrogens with zero attached hydrogens (tertiary/aromatic N) is 4. The fraction of sp³-hybridized carbons (Fsp3) is 0.571. The fourth-order valence-corrected chi connectivity index (χ4v) is 2.77. The van der Waals surface area contributed by atoms with Crippen molar-refractivity contribution in [2.24, 2.45) is 7.05 Å². The minimum absolute atomic E-state index is 0.590. The normalized spacial score (nSPS) is 16.1. The summed E-state index contributed by atoms with van der Waals surface area (Å²) in [7, 11) is 1.98. The van der Waals surface area contributed by atoms with E-state index < -0.39 is 0 Å². The van der Waals surface area contributed by atoms with Crippen molar-refractivity contribution in [3.63, 3.8) is 0 Å². The summed E-state index contributed by atoms with van der Waals surface area (Å²) >= 11 is 0. The molecule has 1 fully saturated rings. The molecule has 1 aliphatic carbocycles. The zero-order valence-corrected chi connectivity index (χ0v) is 11.6. The van der Waals surface area contributed by atoms with Gasteiger partial charge in [-0.2, -0.15) is 5.10 Å². The van der Waals surface area contributed by atoms with Crippen LogP contribution in [-0.2, 0) is 13.6 Å². The van der Waals surface area contributed by atoms with Gasteiger partial charge < -0.3 is 9.88 Å². The molecule has 1 N–H and O–H groups in total. The number of rotatable bonds is 4. The van der Waals surface area contributed by atoms with Crippen LogP contribution in [0.2, 0.25) is 0 Å². The summed E-state index contributed by atoms with van der Waals surface area (Å²) in [6.45, 7) is 2.85. The first-order valence-electron chi connectivity index (χ1n) is 6.99. The summed E-state index contributed by atoms with van der Waals surface area (Å²) in [5, 5.41) is 7.80. The Kier molecular flexibility index (Phi) is 3.27.